The smallest absolute Gasteiger partial charge is 0.242 e. The van der Waals surface area contributed by atoms with Crippen molar-refractivity contribution in [2.24, 2.45) is 0 Å². The van der Waals surface area contributed by atoms with Gasteiger partial charge < -0.3 is 15.0 Å². The molecule has 1 aromatic heterocycles. The van der Waals surface area contributed by atoms with E-state index < -0.39 is 0 Å². The number of nitrogens with zero attached hydrogens (tertiary/aromatic N) is 4. The number of hydrogen-bond donors (Lipinski definition) is 1. The SMILES string of the molecule is CCC(C)n1nccc1NC(=O)C(C)N1CCOC(CN(C)C)C1. The monoisotopic (exact) mass is 337 g/mol. The summed E-state index contributed by atoms with van der Waals surface area (Å²) in [7, 11) is 4.07. The Kier molecular flexibility index (Phi) is 6.77. The van der Waals surface area contributed by atoms with Gasteiger partial charge in [0.05, 0.1) is 31.0 Å². The lowest BCUT2D eigenvalue weighted by Crippen LogP contribution is -2.52. The molecule has 24 heavy (non-hydrogen) atoms. The molecule has 7 nitrogen and oxygen atoms in total. The zero-order valence-electron chi connectivity index (χ0n) is 15.5. The molecular weight excluding hydrogens is 306 g/mol. The molecule has 0 aliphatic carbocycles. The van der Waals surface area contributed by atoms with Crippen molar-refractivity contribution in [2.75, 3.05) is 45.7 Å². The van der Waals surface area contributed by atoms with Gasteiger partial charge in [0.25, 0.3) is 0 Å². The Morgan fingerprint density at radius 2 is 2.25 bits per heavy atom. The van der Waals surface area contributed by atoms with Crippen LogP contribution in [-0.4, -0.2) is 78.0 Å². The Morgan fingerprint density at radius 1 is 1.50 bits per heavy atom. The van der Waals surface area contributed by atoms with Gasteiger partial charge in [0.15, 0.2) is 0 Å². The summed E-state index contributed by atoms with van der Waals surface area (Å²) in [5, 5.41) is 7.35. The van der Waals surface area contributed by atoms with Crippen LogP contribution in [0.3, 0.4) is 0 Å². The molecule has 3 atom stereocenters. The van der Waals surface area contributed by atoms with Crippen LogP contribution in [0.5, 0.6) is 0 Å². The first-order valence-corrected chi connectivity index (χ1v) is 8.77. The van der Waals surface area contributed by atoms with E-state index in [2.05, 4.69) is 34.1 Å². The molecule has 1 aliphatic heterocycles. The topological polar surface area (TPSA) is 62.6 Å². The Balaban J connectivity index is 1.96. The van der Waals surface area contributed by atoms with Crippen molar-refractivity contribution in [3.05, 3.63) is 12.3 Å². The molecule has 136 valence electrons. The summed E-state index contributed by atoms with van der Waals surface area (Å²) in [6.45, 7) is 9.25. The van der Waals surface area contributed by atoms with Gasteiger partial charge >= 0.3 is 0 Å². The number of nitrogens with one attached hydrogen (secondary N) is 1. The molecule has 1 saturated heterocycles. The third-order valence-electron chi connectivity index (χ3n) is 4.60. The number of carbonyl (C=O) groups excluding carboxylic acids is 1. The minimum absolute atomic E-state index is 0.00514. The van der Waals surface area contributed by atoms with Crippen molar-refractivity contribution in [3.8, 4) is 0 Å². The predicted octanol–water partition coefficient (Wildman–Crippen LogP) is 1.44. The quantitative estimate of drug-likeness (QED) is 0.816. The van der Waals surface area contributed by atoms with Crippen molar-refractivity contribution >= 4 is 11.7 Å². The third-order valence-corrected chi connectivity index (χ3v) is 4.60. The maximum absolute atomic E-state index is 12.7. The summed E-state index contributed by atoms with van der Waals surface area (Å²) in [6, 6.07) is 1.92. The Morgan fingerprint density at radius 3 is 2.92 bits per heavy atom. The summed E-state index contributed by atoms with van der Waals surface area (Å²) in [6.07, 6.45) is 2.85. The van der Waals surface area contributed by atoms with E-state index in [1.54, 1.807) is 6.20 Å². The van der Waals surface area contributed by atoms with Crippen LogP contribution >= 0.6 is 0 Å². The molecule has 0 saturated carbocycles. The molecule has 0 radical (unpaired) electrons. The van der Waals surface area contributed by atoms with Gasteiger partial charge in [-0.25, -0.2) is 4.68 Å². The highest BCUT2D eigenvalue weighted by Crippen LogP contribution is 2.17. The number of hydrogen-bond acceptors (Lipinski definition) is 5. The summed E-state index contributed by atoms with van der Waals surface area (Å²) in [5.41, 5.74) is 0. The number of carbonyl (C=O) groups is 1. The molecule has 2 heterocycles. The number of aromatic nitrogens is 2. The zero-order chi connectivity index (χ0) is 17.7. The van der Waals surface area contributed by atoms with Gasteiger partial charge in [0.2, 0.25) is 5.91 Å². The maximum atomic E-state index is 12.7. The fourth-order valence-electron chi connectivity index (χ4n) is 2.95. The van der Waals surface area contributed by atoms with Gasteiger partial charge in [-0.05, 0) is 34.4 Å². The average Bonchev–Trinajstić information content (AvgIpc) is 3.01. The van der Waals surface area contributed by atoms with Crippen LogP contribution in [0, 0.1) is 0 Å². The summed E-state index contributed by atoms with van der Waals surface area (Å²) in [4.78, 5) is 17.0. The normalized spacial score (nSPS) is 21.7. The molecule has 1 aliphatic rings. The van der Waals surface area contributed by atoms with Crippen LogP contribution in [0.1, 0.15) is 33.2 Å². The highest BCUT2D eigenvalue weighted by Gasteiger charge is 2.28. The molecule has 1 aromatic rings. The van der Waals surface area contributed by atoms with Crippen LogP contribution in [0.25, 0.3) is 0 Å². The number of morpholine rings is 1. The molecule has 7 heteroatoms. The molecule has 0 bridgehead atoms. The standard InChI is InChI=1S/C17H31N5O2/c1-6-13(2)22-16(7-8-18-22)19-17(23)14(3)21-9-10-24-15(12-21)11-20(4)5/h7-8,13-15H,6,9-12H2,1-5H3,(H,19,23). The fraction of sp³-hybridized carbons (Fsp3) is 0.765. The zero-order valence-corrected chi connectivity index (χ0v) is 15.5. The fourth-order valence-corrected chi connectivity index (χ4v) is 2.95. The van der Waals surface area contributed by atoms with E-state index in [0.29, 0.717) is 6.61 Å². The van der Waals surface area contributed by atoms with Crippen LogP contribution in [0.4, 0.5) is 5.82 Å². The number of likely N-dealkylation sites (N-methyl/N-ethyl adjacent to an activating group) is 1. The van der Waals surface area contributed by atoms with E-state index >= 15 is 0 Å². The van der Waals surface area contributed by atoms with Crippen LogP contribution < -0.4 is 5.32 Å². The maximum Gasteiger partial charge on any atom is 0.242 e. The molecule has 0 spiro atoms. The summed E-state index contributed by atoms with van der Waals surface area (Å²) in [5.74, 6) is 0.768. The Labute approximate surface area is 144 Å². The summed E-state index contributed by atoms with van der Waals surface area (Å²) >= 11 is 0. The van der Waals surface area contributed by atoms with E-state index in [9.17, 15) is 4.79 Å². The first kappa shape index (κ1) is 18.9. The van der Waals surface area contributed by atoms with Gasteiger partial charge in [-0.1, -0.05) is 6.92 Å². The lowest BCUT2D eigenvalue weighted by Gasteiger charge is -2.37. The second-order valence-corrected chi connectivity index (χ2v) is 6.83. The minimum atomic E-state index is -0.196. The second kappa shape index (κ2) is 8.60. The van der Waals surface area contributed by atoms with Gasteiger partial charge in [-0.15, -0.1) is 0 Å². The van der Waals surface area contributed by atoms with Gasteiger partial charge in [0.1, 0.15) is 5.82 Å². The number of amides is 1. The average molecular weight is 337 g/mol. The van der Waals surface area contributed by atoms with Crippen LogP contribution in [0.2, 0.25) is 0 Å². The lowest BCUT2D eigenvalue weighted by molar-refractivity contribution is -0.124. The van der Waals surface area contributed by atoms with Gasteiger partial charge in [-0.3, -0.25) is 9.69 Å². The van der Waals surface area contributed by atoms with Crippen molar-refractivity contribution in [2.45, 2.75) is 45.4 Å². The highest BCUT2D eigenvalue weighted by molar-refractivity contribution is 5.93. The number of ether oxygens (including phenoxy) is 1. The Bertz CT molecular complexity index is 531. The first-order chi connectivity index (χ1) is 11.4. The highest BCUT2D eigenvalue weighted by atomic mass is 16.5. The van der Waals surface area contributed by atoms with Crippen molar-refractivity contribution in [3.63, 3.8) is 0 Å². The van der Waals surface area contributed by atoms with E-state index in [1.807, 2.05) is 31.8 Å². The van der Waals surface area contributed by atoms with Crippen LogP contribution in [0.15, 0.2) is 12.3 Å². The lowest BCUT2D eigenvalue weighted by atomic mass is 10.2. The second-order valence-electron chi connectivity index (χ2n) is 6.83. The molecular formula is C17H31N5O2. The minimum Gasteiger partial charge on any atom is -0.374 e. The van der Waals surface area contributed by atoms with Crippen LogP contribution in [-0.2, 0) is 9.53 Å². The van der Waals surface area contributed by atoms with Crippen molar-refractivity contribution in [1.29, 1.82) is 0 Å². The van der Waals surface area contributed by atoms with E-state index in [1.165, 1.54) is 0 Å². The first-order valence-electron chi connectivity index (χ1n) is 8.77. The van der Waals surface area contributed by atoms with E-state index in [4.69, 9.17) is 4.74 Å². The summed E-state index contributed by atoms with van der Waals surface area (Å²) < 4.78 is 7.66. The Hall–Kier alpha value is -1.44. The number of anilines is 1. The van der Waals surface area contributed by atoms with Crippen molar-refractivity contribution in [1.82, 2.24) is 19.6 Å². The number of rotatable bonds is 7. The van der Waals surface area contributed by atoms with E-state index in [0.717, 1.165) is 31.9 Å². The van der Waals surface area contributed by atoms with Gasteiger partial charge in [0, 0.05) is 25.7 Å². The third kappa shape index (κ3) is 4.78. The molecule has 3 unspecified atom stereocenters. The molecule has 1 amide bonds. The molecule has 0 aromatic carbocycles. The molecule has 1 fully saturated rings. The molecule has 1 N–H and O–H groups in total. The van der Waals surface area contributed by atoms with Crippen molar-refractivity contribution < 1.29 is 9.53 Å². The largest absolute Gasteiger partial charge is 0.374 e. The van der Waals surface area contributed by atoms with Gasteiger partial charge in [-0.2, -0.15) is 5.10 Å². The molecule has 2 rings (SSSR count). The predicted molar refractivity (Wildman–Crippen MR) is 95.2 cm³/mol. The van der Waals surface area contributed by atoms with E-state index in [-0.39, 0.29) is 24.1 Å².